The monoisotopic (exact) mass is 231 g/mol. The van der Waals surface area contributed by atoms with E-state index < -0.39 is 0 Å². The fourth-order valence-corrected chi connectivity index (χ4v) is 1.56. The summed E-state index contributed by atoms with van der Waals surface area (Å²) in [7, 11) is 0. The van der Waals surface area contributed by atoms with Gasteiger partial charge in [-0.3, -0.25) is 0 Å². The van der Waals surface area contributed by atoms with Crippen LogP contribution in [0.2, 0.25) is 0 Å². The standard InChI is InChI=1S/C9H7NS2.K/c11-9(12)10-6-5-7-3-1-2-4-8(7)10;/h1-6H,(H,11,12);/q;+1/p-1. The first-order valence-electron chi connectivity index (χ1n) is 3.56. The van der Waals surface area contributed by atoms with E-state index in [2.05, 4.69) is 0 Å². The Labute approximate surface area is 130 Å². The predicted molar refractivity (Wildman–Crippen MR) is 57.3 cm³/mol. The summed E-state index contributed by atoms with van der Waals surface area (Å²) in [5.74, 6) is 0. The quantitative estimate of drug-likeness (QED) is 0.336. The summed E-state index contributed by atoms with van der Waals surface area (Å²) in [5.41, 5.74) is 1.08. The maximum Gasteiger partial charge on any atom is 1.00 e. The Morgan fingerprint density at radius 2 is 1.92 bits per heavy atom. The molecule has 0 N–H and O–H groups in total. The second-order valence-electron chi connectivity index (χ2n) is 2.51. The number of para-hydroxylation sites is 1. The molecule has 1 aromatic heterocycles. The molecule has 1 nitrogen and oxygen atoms in total. The summed E-state index contributed by atoms with van der Waals surface area (Å²) in [4.78, 5) is 0. The zero-order valence-corrected chi connectivity index (χ0v) is 12.0. The number of rotatable bonds is 0. The second-order valence-corrected chi connectivity index (χ2v) is 3.54. The minimum atomic E-state index is 0. The molecule has 0 aliphatic rings. The molecule has 13 heavy (non-hydrogen) atoms. The molecule has 0 bridgehead atoms. The van der Waals surface area contributed by atoms with E-state index in [4.69, 9.17) is 24.8 Å². The van der Waals surface area contributed by atoms with Gasteiger partial charge in [0, 0.05) is 6.20 Å². The third-order valence-corrected chi connectivity index (χ3v) is 2.19. The first-order valence-corrected chi connectivity index (χ1v) is 4.38. The van der Waals surface area contributed by atoms with Gasteiger partial charge in [-0.25, -0.2) is 0 Å². The molecular formula is C9H6KNS2. The van der Waals surface area contributed by atoms with Crippen molar-refractivity contribution in [1.29, 1.82) is 0 Å². The Kier molecular flexibility index (Phi) is 4.51. The average Bonchev–Trinajstić information content (AvgIpc) is 2.47. The number of aromatic nitrogens is 1. The van der Waals surface area contributed by atoms with Crippen LogP contribution in [-0.2, 0) is 12.6 Å². The van der Waals surface area contributed by atoms with Gasteiger partial charge >= 0.3 is 51.4 Å². The van der Waals surface area contributed by atoms with Gasteiger partial charge in [0.25, 0.3) is 0 Å². The molecule has 0 saturated heterocycles. The summed E-state index contributed by atoms with van der Waals surface area (Å²) in [6.45, 7) is 0. The van der Waals surface area contributed by atoms with Gasteiger partial charge in [0.15, 0.2) is 0 Å². The summed E-state index contributed by atoms with van der Waals surface area (Å²) in [6, 6.07) is 10.0. The van der Waals surface area contributed by atoms with Crippen molar-refractivity contribution in [3.8, 4) is 0 Å². The molecule has 0 radical (unpaired) electrons. The SMILES string of the molecule is S=C([S-])n1ccc2ccccc21.[K+]. The Morgan fingerprint density at radius 1 is 1.23 bits per heavy atom. The molecule has 0 unspecified atom stereocenters. The minimum absolute atomic E-state index is 0. The summed E-state index contributed by atoms with van der Waals surface area (Å²) < 4.78 is 2.30. The molecule has 4 heteroatoms. The third-order valence-electron chi connectivity index (χ3n) is 1.80. The smallest absolute Gasteiger partial charge is 0.411 e. The van der Waals surface area contributed by atoms with Gasteiger partial charge in [0.2, 0.25) is 0 Å². The fourth-order valence-electron chi connectivity index (χ4n) is 1.24. The second kappa shape index (κ2) is 4.98. The van der Waals surface area contributed by atoms with E-state index in [1.807, 2.05) is 41.1 Å². The summed E-state index contributed by atoms with van der Waals surface area (Å²) in [5, 5.41) is 1.17. The van der Waals surface area contributed by atoms with Crippen LogP contribution in [-0.4, -0.2) is 8.89 Å². The molecule has 0 fully saturated rings. The van der Waals surface area contributed by atoms with Crippen LogP contribution in [0, 0.1) is 0 Å². The molecular weight excluding hydrogens is 225 g/mol. The van der Waals surface area contributed by atoms with Gasteiger partial charge in [0.1, 0.15) is 0 Å². The van der Waals surface area contributed by atoms with Crippen molar-refractivity contribution >= 4 is 40.1 Å². The molecule has 2 aromatic rings. The molecule has 0 amide bonds. The van der Waals surface area contributed by atoms with Crippen LogP contribution in [0.25, 0.3) is 10.9 Å². The first kappa shape index (κ1) is 11.8. The molecule has 1 heterocycles. The van der Waals surface area contributed by atoms with E-state index >= 15 is 0 Å². The molecule has 0 atom stereocenters. The van der Waals surface area contributed by atoms with E-state index in [-0.39, 0.29) is 51.4 Å². The van der Waals surface area contributed by atoms with Crippen molar-refractivity contribution in [2.24, 2.45) is 0 Å². The molecule has 0 saturated carbocycles. The molecule has 60 valence electrons. The summed E-state index contributed by atoms with van der Waals surface area (Å²) in [6.07, 6.45) is 1.90. The first-order chi connectivity index (χ1) is 5.79. The van der Waals surface area contributed by atoms with Crippen molar-refractivity contribution in [3.05, 3.63) is 36.5 Å². The van der Waals surface area contributed by atoms with Crippen LogP contribution in [0.3, 0.4) is 0 Å². The van der Waals surface area contributed by atoms with Gasteiger partial charge in [-0.1, -0.05) is 22.5 Å². The fraction of sp³-hybridized carbons (Fsp3) is 0. The Balaban J connectivity index is 0.000000845. The van der Waals surface area contributed by atoms with Gasteiger partial charge in [0.05, 0.1) is 5.52 Å². The number of benzene rings is 1. The average molecular weight is 231 g/mol. The largest absolute Gasteiger partial charge is 1.00 e. The Bertz CT molecular complexity index is 436. The maximum absolute atomic E-state index is 4.92. The van der Waals surface area contributed by atoms with Gasteiger partial charge in [-0.15, -0.1) is 0 Å². The normalized spacial score (nSPS) is 9.54. The minimum Gasteiger partial charge on any atom is -0.411 e. The Morgan fingerprint density at radius 3 is 2.62 bits per heavy atom. The Hall–Kier alpha value is 0.706. The van der Waals surface area contributed by atoms with Crippen LogP contribution in [0.1, 0.15) is 0 Å². The van der Waals surface area contributed by atoms with Crippen molar-refractivity contribution in [1.82, 2.24) is 4.57 Å². The van der Waals surface area contributed by atoms with Crippen molar-refractivity contribution in [3.63, 3.8) is 0 Å². The maximum atomic E-state index is 4.92. The predicted octanol–water partition coefficient (Wildman–Crippen LogP) is -0.675. The molecule has 0 aliphatic heterocycles. The molecule has 2 rings (SSSR count). The van der Waals surface area contributed by atoms with Crippen LogP contribution >= 0.6 is 12.2 Å². The van der Waals surface area contributed by atoms with E-state index in [9.17, 15) is 0 Å². The van der Waals surface area contributed by atoms with E-state index in [0.717, 1.165) is 5.52 Å². The third kappa shape index (κ3) is 2.39. The van der Waals surface area contributed by atoms with Crippen molar-refractivity contribution < 1.29 is 51.4 Å². The van der Waals surface area contributed by atoms with Crippen LogP contribution < -0.4 is 51.4 Å². The number of fused-ring (bicyclic) bond motifs is 1. The van der Waals surface area contributed by atoms with Crippen molar-refractivity contribution in [2.75, 3.05) is 0 Å². The van der Waals surface area contributed by atoms with Crippen LogP contribution in [0.5, 0.6) is 0 Å². The number of hydrogen-bond acceptors (Lipinski definition) is 2. The topological polar surface area (TPSA) is 4.93 Å². The van der Waals surface area contributed by atoms with Crippen LogP contribution in [0.15, 0.2) is 36.5 Å². The number of nitrogens with zero attached hydrogens (tertiary/aromatic N) is 1. The van der Waals surface area contributed by atoms with Gasteiger partial charge < -0.3 is 29.4 Å². The van der Waals surface area contributed by atoms with Gasteiger partial charge in [-0.05, 0) is 17.5 Å². The zero-order chi connectivity index (χ0) is 8.55. The molecule has 0 aliphatic carbocycles. The number of hydrogen-bond donors (Lipinski definition) is 0. The van der Waals surface area contributed by atoms with Crippen molar-refractivity contribution in [2.45, 2.75) is 0 Å². The van der Waals surface area contributed by atoms with Crippen LogP contribution in [0.4, 0.5) is 0 Å². The van der Waals surface area contributed by atoms with E-state index in [1.54, 1.807) is 0 Å². The summed E-state index contributed by atoms with van der Waals surface area (Å²) >= 11 is 9.84. The molecule has 0 spiro atoms. The van der Waals surface area contributed by atoms with E-state index in [1.165, 1.54) is 5.39 Å². The van der Waals surface area contributed by atoms with E-state index in [0.29, 0.717) is 4.32 Å². The van der Waals surface area contributed by atoms with Gasteiger partial charge in [-0.2, -0.15) is 0 Å². The zero-order valence-electron chi connectivity index (χ0n) is 7.23. The molecule has 1 aromatic carbocycles. The number of thiocarbonyl (C=S) groups is 1.